The first-order valence-corrected chi connectivity index (χ1v) is 6.93. The average molecular weight is 256 g/mol. The van der Waals surface area contributed by atoms with Gasteiger partial charge in [0.2, 0.25) is 5.91 Å². The van der Waals surface area contributed by atoms with Crippen LogP contribution < -0.4 is 11.5 Å². The molecule has 0 atom stereocenters. The Labute approximate surface area is 101 Å². The van der Waals surface area contributed by atoms with Crippen LogP contribution in [0.3, 0.4) is 0 Å². The fourth-order valence-electron chi connectivity index (χ4n) is 1.55. The Hall–Kier alpha value is -1.40. The summed E-state index contributed by atoms with van der Waals surface area (Å²) in [6, 6.07) is 5.34. The van der Waals surface area contributed by atoms with Crippen molar-refractivity contribution < 1.29 is 13.2 Å². The Morgan fingerprint density at radius 3 is 2.47 bits per heavy atom. The van der Waals surface area contributed by atoms with Crippen LogP contribution in [0, 0.1) is 6.92 Å². The minimum Gasteiger partial charge on any atom is -0.369 e. The molecule has 17 heavy (non-hydrogen) atoms. The molecule has 0 heterocycles. The smallest absolute Gasteiger partial charge is 0.232 e. The Balaban J connectivity index is 2.92. The number of amides is 1. The molecular weight excluding hydrogens is 240 g/mol. The van der Waals surface area contributed by atoms with Gasteiger partial charge in [-0.2, -0.15) is 0 Å². The number of hydrogen-bond donors (Lipinski definition) is 2. The number of sulfone groups is 1. The van der Waals surface area contributed by atoms with E-state index in [1.807, 2.05) is 13.0 Å². The first kappa shape index (κ1) is 13.7. The first-order chi connectivity index (χ1) is 7.84. The van der Waals surface area contributed by atoms with Gasteiger partial charge in [0.05, 0.1) is 5.75 Å². The second-order valence-corrected chi connectivity index (χ2v) is 6.03. The molecule has 0 unspecified atom stereocenters. The van der Waals surface area contributed by atoms with Gasteiger partial charge < -0.3 is 11.5 Å². The van der Waals surface area contributed by atoms with Crippen LogP contribution in [0.25, 0.3) is 0 Å². The minimum atomic E-state index is -3.48. The lowest BCUT2D eigenvalue weighted by Gasteiger charge is -2.07. The predicted molar refractivity (Wildman–Crippen MR) is 65.8 cm³/mol. The van der Waals surface area contributed by atoms with Gasteiger partial charge in [-0.05, 0) is 23.6 Å². The van der Waals surface area contributed by atoms with Gasteiger partial charge in [-0.3, -0.25) is 4.79 Å². The van der Waals surface area contributed by atoms with Crippen molar-refractivity contribution in [2.45, 2.75) is 19.2 Å². The van der Waals surface area contributed by atoms with E-state index in [4.69, 9.17) is 11.5 Å². The van der Waals surface area contributed by atoms with E-state index in [9.17, 15) is 13.2 Å². The third-order valence-electron chi connectivity index (χ3n) is 2.38. The summed E-state index contributed by atoms with van der Waals surface area (Å²) in [6.45, 7) is 2.23. The third-order valence-corrected chi connectivity index (χ3v) is 3.86. The molecule has 1 rings (SSSR count). The zero-order valence-corrected chi connectivity index (χ0v) is 10.5. The highest BCUT2D eigenvalue weighted by molar-refractivity contribution is 7.91. The van der Waals surface area contributed by atoms with Gasteiger partial charge in [-0.1, -0.05) is 18.2 Å². The lowest BCUT2D eigenvalue weighted by atomic mass is 10.1. The first-order valence-electron chi connectivity index (χ1n) is 5.11. The number of nitrogens with two attached hydrogens (primary N) is 2. The molecule has 0 aliphatic rings. The van der Waals surface area contributed by atoms with Crippen LogP contribution >= 0.6 is 0 Å². The molecule has 0 fully saturated rings. The summed E-state index contributed by atoms with van der Waals surface area (Å²) in [5.74, 6) is -1.63. The average Bonchev–Trinajstić information content (AvgIpc) is 2.18. The van der Waals surface area contributed by atoms with Crippen LogP contribution in [-0.4, -0.2) is 20.1 Å². The lowest BCUT2D eigenvalue weighted by molar-refractivity contribution is -0.115. The van der Waals surface area contributed by atoms with Crippen molar-refractivity contribution in [3.63, 3.8) is 0 Å². The molecule has 0 aliphatic carbocycles. The molecule has 0 saturated carbocycles. The largest absolute Gasteiger partial charge is 0.369 e. The van der Waals surface area contributed by atoms with Crippen molar-refractivity contribution in [3.05, 3.63) is 34.9 Å². The maximum atomic E-state index is 11.6. The van der Waals surface area contributed by atoms with Crippen LogP contribution in [0.5, 0.6) is 0 Å². The van der Waals surface area contributed by atoms with E-state index >= 15 is 0 Å². The summed E-state index contributed by atoms with van der Waals surface area (Å²) in [4.78, 5) is 10.6. The maximum Gasteiger partial charge on any atom is 0.232 e. The van der Waals surface area contributed by atoms with E-state index in [1.165, 1.54) is 0 Å². The quantitative estimate of drug-likeness (QED) is 0.764. The van der Waals surface area contributed by atoms with Crippen molar-refractivity contribution in [1.82, 2.24) is 0 Å². The van der Waals surface area contributed by atoms with Gasteiger partial charge >= 0.3 is 0 Å². The third kappa shape index (κ3) is 4.16. The van der Waals surface area contributed by atoms with Crippen molar-refractivity contribution >= 4 is 15.7 Å². The van der Waals surface area contributed by atoms with Crippen LogP contribution in [0.4, 0.5) is 0 Å². The fourth-order valence-corrected chi connectivity index (χ4v) is 2.88. The van der Waals surface area contributed by atoms with Crippen molar-refractivity contribution in [2.24, 2.45) is 11.5 Å². The van der Waals surface area contributed by atoms with Crippen LogP contribution in [-0.2, 0) is 26.9 Å². The maximum absolute atomic E-state index is 11.6. The number of benzene rings is 1. The number of carbonyl (C=O) groups is 1. The minimum absolute atomic E-state index is 0.174. The number of aryl methyl sites for hydroxylation is 1. The molecule has 0 aromatic heterocycles. The number of primary amides is 1. The predicted octanol–water partition coefficient (Wildman–Crippen LogP) is -0.146. The van der Waals surface area contributed by atoms with Crippen LogP contribution in [0.1, 0.15) is 16.7 Å². The Kier molecular flexibility index (Phi) is 4.25. The van der Waals surface area contributed by atoms with E-state index in [1.54, 1.807) is 12.1 Å². The Bertz CT molecular complexity index is 524. The molecule has 0 spiro atoms. The summed E-state index contributed by atoms with van der Waals surface area (Å²) in [5, 5.41) is 0. The summed E-state index contributed by atoms with van der Waals surface area (Å²) in [7, 11) is -3.48. The number of carbonyl (C=O) groups excluding carboxylic acids is 1. The molecule has 5 nitrogen and oxygen atoms in total. The molecule has 0 radical (unpaired) electrons. The summed E-state index contributed by atoms with van der Waals surface area (Å²) < 4.78 is 23.2. The van der Waals surface area contributed by atoms with Crippen molar-refractivity contribution in [2.75, 3.05) is 5.75 Å². The topological polar surface area (TPSA) is 103 Å². The number of rotatable bonds is 5. The molecule has 0 bridgehead atoms. The molecule has 4 N–H and O–H groups in total. The summed E-state index contributed by atoms with van der Waals surface area (Å²) >= 11 is 0. The summed E-state index contributed by atoms with van der Waals surface area (Å²) in [6.07, 6.45) is 0. The zero-order valence-electron chi connectivity index (χ0n) is 9.64. The highest BCUT2D eigenvalue weighted by atomic mass is 32.2. The SMILES string of the molecule is Cc1cc(CN)ccc1CS(=O)(=O)CC(N)=O. The van der Waals surface area contributed by atoms with E-state index in [-0.39, 0.29) is 5.75 Å². The Morgan fingerprint density at radius 2 is 2.00 bits per heavy atom. The summed E-state index contributed by atoms with van der Waals surface area (Å²) in [5.41, 5.74) is 12.8. The van der Waals surface area contributed by atoms with Gasteiger partial charge in [0.25, 0.3) is 0 Å². The zero-order chi connectivity index (χ0) is 13.1. The van der Waals surface area contributed by atoms with Gasteiger partial charge in [0.15, 0.2) is 9.84 Å². The number of hydrogen-bond acceptors (Lipinski definition) is 4. The molecule has 94 valence electrons. The van der Waals surface area contributed by atoms with Crippen LogP contribution in [0.15, 0.2) is 18.2 Å². The molecular formula is C11H16N2O3S. The molecule has 0 saturated heterocycles. The monoisotopic (exact) mass is 256 g/mol. The second-order valence-electron chi connectivity index (χ2n) is 3.96. The Morgan fingerprint density at radius 1 is 1.35 bits per heavy atom. The van der Waals surface area contributed by atoms with Crippen molar-refractivity contribution in [1.29, 1.82) is 0 Å². The van der Waals surface area contributed by atoms with Crippen LogP contribution in [0.2, 0.25) is 0 Å². The normalized spacial score (nSPS) is 11.4. The molecule has 1 amide bonds. The highest BCUT2D eigenvalue weighted by Gasteiger charge is 2.16. The molecule has 1 aromatic carbocycles. The standard InChI is InChI=1S/C11H16N2O3S/c1-8-4-9(5-12)2-3-10(8)6-17(15,16)7-11(13)14/h2-4H,5-7,12H2,1H3,(H2,13,14). The molecule has 0 aliphatic heterocycles. The van der Waals surface area contributed by atoms with E-state index < -0.39 is 21.5 Å². The lowest BCUT2D eigenvalue weighted by Crippen LogP contribution is -2.24. The highest BCUT2D eigenvalue weighted by Crippen LogP contribution is 2.14. The van der Waals surface area contributed by atoms with Crippen molar-refractivity contribution in [3.8, 4) is 0 Å². The van der Waals surface area contributed by atoms with Gasteiger partial charge in [0.1, 0.15) is 5.75 Å². The molecule has 6 heteroatoms. The van der Waals surface area contributed by atoms with Gasteiger partial charge in [0, 0.05) is 6.54 Å². The second kappa shape index (κ2) is 5.29. The fraction of sp³-hybridized carbons (Fsp3) is 0.364. The van der Waals surface area contributed by atoms with E-state index in [0.717, 1.165) is 11.1 Å². The molecule has 1 aromatic rings. The van der Waals surface area contributed by atoms with E-state index in [0.29, 0.717) is 12.1 Å². The van der Waals surface area contributed by atoms with E-state index in [2.05, 4.69) is 0 Å². The van der Waals surface area contributed by atoms with Gasteiger partial charge in [-0.25, -0.2) is 8.42 Å². The van der Waals surface area contributed by atoms with Gasteiger partial charge in [-0.15, -0.1) is 0 Å².